The number of carbonyl (C=O) groups is 1. The summed E-state index contributed by atoms with van der Waals surface area (Å²) in [6.07, 6.45) is 1.11. The van der Waals surface area contributed by atoms with Crippen LogP contribution in [0.4, 0.5) is 0 Å². The van der Waals surface area contributed by atoms with Gasteiger partial charge in [0.15, 0.2) is 0 Å². The van der Waals surface area contributed by atoms with Gasteiger partial charge in [-0.05, 0) is 31.0 Å². The molecule has 0 aliphatic rings. The lowest BCUT2D eigenvalue weighted by molar-refractivity contribution is -0.143. The van der Waals surface area contributed by atoms with Gasteiger partial charge in [-0.2, -0.15) is 0 Å². The Morgan fingerprint density at radius 3 is 2.87 bits per heavy atom. The highest BCUT2D eigenvalue weighted by atomic mass is 16.5. The molecule has 0 saturated carbocycles. The minimum Gasteiger partial charge on any atom is -0.497 e. The van der Waals surface area contributed by atoms with Gasteiger partial charge in [0.25, 0.3) is 0 Å². The Kier molecular flexibility index (Phi) is 4.68. The van der Waals surface area contributed by atoms with E-state index in [1.807, 2.05) is 31.2 Å². The Hall–Kier alpha value is -1.51. The summed E-state index contributed by atoms with van der Waals surface area (Å²) in [4.78, 5) is 11.1. The van der Waals surface area contributed by atoms with Crippen LogP contribution in [0.15, 0.2) is 24.3 Å². The average Bonchev–Trinajstić information content (AvgIpc) is 2.27. The normalized spacial score (nSPS) is 9.73. The summed E-state index contributed by atoms with van der Waals surface area (Å²) < 4.78 is 9.94. The van der Waals surface area contributed by atoms with E-state index in [4.69, 9.17) is 9.47 Å². The summed E-state index contributed by atoms with van der Waals surface area (Å²) in [7, 11) is 1.63. The average molecular weight is 208 g/mol. The molecule has 3 nitrogen and oxygen atoms in total. The van der Waals surface area contributed by atoms with Crippen LogP contribution in [0.3, 0.4) is 0 Å². The molecule has 82 valence electrons. The Balaban J connectivity index is 2.46. The molecule has 0 fully saturated rings. The molecule has 0 spiro atoms. The Labute approximate surface area is 90.0 Å². The van der Waals surface area contributed by atoms with Crippen molar-refractivity contribution in [1.82, 2.24) is 0 Å². The van der Waals surface area contributed by atoms with Gasteiger partial charge in [-0.25, -0.2) is 0 Å². The third-order valence-corrected chi connectivity index (χ3v) is 2.06. The highest BCUT2D eigenvalue weighted by Gasteiger charge is 2.02. The van der Waals surface area contributed by atoms with Crippen molar-refractivity contribution in [3.63, 3.8) is 0 Å². The Bertz CT molecular complexity index is 320. The van der Waals surface area contributed by atoms with Crippen molar-refractivity contribution < 1.29 is 14.3 Å². The van der Waals surface area contributed by atoms with Gasteiger partial charge in [-0.3, -0.25) is 4.79 Å². The number of benzene rings is 1. The van der Waals surface area contributed by atoms with Gasteiger partial charge >= 0.3 is 5.97 Å². The lowest BCUT2D eigenvalue weighted by Crippen LogP contribution is -2.05. The summed E-state index contributed by atoms with van der Waals surface area (Å²) in [6, 6.07) is 7.70. The predicted octanol–water partition coefficient (Wildman–Crippen LogP) is 2.19. The van der Waals surface area contributed by atoms with Gasteiger partial charge in [-0.1, -0.05) is 12.1 Å². The molecule has 0 unspecified atom stereocenters. The lowest BCUT2D eigenvalue weighted by atomic mass is 10.1. The first-order valence-electron chi connectivity index (χ1n) is 5.04. The zero-order chi connectivity index (χ0) is 11.1. The molecule has 0 aromatic heterocycles. The number of hydrogen-bond donors (Lipinski definition) is 0. The zero-order valence-corrected chi connectivity index (χ0v) is 9.16. The maximum absolute atomic E-state index is 11.1. The summed E-state index contributed by atoms with van der Waals surface area (Å²) in [5.41, 5.74) is 1.09. The van der Waals surface area contributed by atoms with E-state index in [0.717, 1.165) is 11.3 Å². The molecule has 1 aromatic carbocycles. The van der Waals surface area contributed by atoms with Gasteiger partial charge in [0.2, 0.25) is 0 Å². The number of aryl methyl sites for hydroxylation is 1. The number of ether oxygens (including phenoxy) is 2. The molecule has 1 rings (SSSR count). The molecule has 0 atom stereocenters. The number of hydrogen-bond acceptors (Lipinski definition) is 3. The van der Waals surface area contributed by atoms with E-state index in [1.165, 1.54) is 0 Å². The van der Waals surface area contributed by atoms with E-state index < -0.39 is 0 Å². The first kappa shape index (κ1) is 11.6. The minimum absolute atomic E-state index is 0.152. The summed E-state index contributed by atoms with van der Waals surface area (Å²) >= 11 is 0. The fourth-order valence-electron chi connectivity index (χ4n) is 1.31. The smallest absolute Gasteiger partial charge is 0.306 e. The van der Waals surface area contributed by atoms with Crippen molar-refractivity contribution in [3.05, 3.63) is 29.8 Å². The quantitative estimate of drug-likeness (QED) is 0.696. The second-order valence-corrected chi connectivity index (χ2v) is 3.16. The standard InChI is InChI=1S/C12H16O3/c1-3-15-12(13)8-7-10-5-4-6-11(9-10)14-2/h4-6,9H,3,7-8H2,1-2H3. The highest BCUT2D eigenvalue weighted by Crippen LogP contribution is 2.13. The molecule has 3 heteroatoms. The topological polar surface area (TPSA) is 35.5 Å². The maximum Gasteiger partial charge on any atom is 0.306 e. The van der Waals surface area contributed by atoms with Crippen molar-refractivity contribution in [3.8, 4) is 5.75 Å². The van der Waals surface area contributed by atoms with Gasteiger partial charge in [-0.15, -0.1) is 0 Å². The lowest BCUT2D eigenvalue weighted by Gasteiger charge is -2.04. The molecule has 0 N–H and O–H groups in total. The van der Waals surface area contributed by atoms with Crippen LogP contribution in [0.2, 0.25) is 0 Å². The third kappa shape index (κ3) is 4.02. The van der Waals surface area contributed by atoms with Crippen molar-refractivity contribution in [1.29, 1.82) is 0 Å². The summed E-state index contributed by atoms with van der Waals surface area (Å²) in [5.74, 6) is 0.664. The Morgan fingerprint density at radius 2 is 2.20 bits per heavy atom. The second kappa shape index (κ2) is 6.06. The molecular formula is C12H16O3. The third-order valence-electron chi connectivity index (χ3n) is 2.06. The molecule has 1 aromatic rings. The van der Waals surface area contributed by atoms with E-state index in [9.17, 15) is 4.79 Å². The fourth-order valence-corrected chi connectivity index (χ4v) is 1.31. The predicted molar refractivity (Wildman–Crippen MR) is 57.9 cm³/mol. The van der Waals surface area contributed by atoms with Crippen LogP contribution < -0.4 is 4.74 Å². The highest BCUT2D eigenvalue weighted by molar-refractivity contribution is 5.69. The van der Waals surface area contributed by atoms with Crippen LogP contribution in [-0.4, -0.2) is 19.7 Å². The fraction of sp³-hybridized carbons (Fsp3) is 0.417. The molecule has 0 bridgehead atoms. The number of methoxy groups -OCH3 is 1. The van der Waals surface area contributed by atoms with Crippen molar-refractivity contribution in [2.75, 3.05) is 13.7 Å². The van der Waals surface area contributed by atoms with Crippen molar-refractivity contribution in [2.45, 2.75) is 19.8 Å². The van der Waals surface area contributed by atoms with Gasteiger partial charge < -0.3 is 9.47 Å². The van der Waals surface area contributed by atoms with Gasteiger partial charge in [0.1, 0.15) is 5.75 Å². The number of rotatable bonds is 5. The molecule has 0 amide bonds. The minimum atomic E-state index is -0.152. The van der Waals surface area contributed by atoms with Crippen molar-refractivity contribution >= 4 is 5.97 Å². The van der Waals surface area contributed by atoms with Gasteiger partial charge in [0, 0.05) is 6.42 Å². The molecule has 15 heavy (non-hydrogen) atoms. The number of carbonyl (C=O) groups excluding carboxylic acids is 1. The molecule has 0 aliphatic heterocycles. The first-order valence-corrected chi connectivity index (χ1v) is 5.04. The monoisotopic (exact) mass is 208 g/mol. The Morgan fingerprint density at radius 1 is 1.40 bits per heavy atom. The molecule has 0 heterocycles. The molecule has 0 saturated heterocycles. The van der Waals surface area contributed by atoms with Crippen LogP contribution >= 0.6 is 0 Å². The maximum atomic E-state index is 11.1. The van der Waals surface area contributed by atoms with E-state index in [-0.39, 0.29) is 5.97 Å². The number of esters is 1. The summed E-state index contributed by atoms with van der Waals surface area (Å²) in [5, 5.41) is 0. The molecule has 0 radical (unpaired) electrons. The van der Waals surface area contributed by atoms with Crippen LogP contribution in [0, 0.1) is 0 Å². The van der Waals surface area contributed by atoms with Crippen LogP contribution in [0.25, 0.3) is 0 Å². The van der Waals surface area contributed by atoms with Crippen molar-refractivity contribution in [2.24, 2.45) is 0 Å². The van der Waals surface area contributed by atoms with Gasteiger partial charge in [0.05, 0.1) is 13.7 Å². The van der Waals surface area contributed by atoms with E-state index in [1.54, 1.807) is 7.11 Å². The zero-order valence-electron chi connectivity index (χ0n) is 9.16. The summed E-state index contributed by atoms with van der Waals surface area (Å²) in [6.45, 7) is 2.25. The van der Waals surface area contributed by atoms with E-state index in [0.29, 0.717) is 19.4 Å². The van der Waals surface area contributed by atoms with Crippen LogP contribution in [-0.2, 0) is 16.0 Å². The molecular weight excluding hydrogens is 192 g/mol. The molecule has 0 aliphatic carbocycles. The van der Waals surface area contributed by atoms with Crippen LogP contribution in [0.5, 0.6) is 5.75 Å². The first-order chi connectivity index (χ1) is 7.26. The largest absolute Gasteiger partial charge is 0.497 e. The SMILES string of the molecule is CCOC(=O)CCc1cccc(OC)c1. The van der Waals surface area contributed by atoms with E-state index in [2.05, 4.69) is 0 Å². The van der Waals surface area contributed by atoms with E-state index >= 15 is 0 Å². The second-order valence-electron chi connectivity index (χ2n) is 3.16. The van der Waals surface area contributed by atoms with Crippen LogP contribution in [0.1, 0.15) is 18.9 Å².